The number of carbonyl (C=O) groups is 2. The fourth-order valence-corrected chi connectivity index (χ4v) is 0. The van der Waals surface area contributed by atoms with Crippen LogP contribution in [0.3, 0.4) is 0 Å². The molecule has 0 unspecified atom stereocenters. The number of hydrogen-bond donors (Lipinski definition) is 4. The summed E-state index contributed by atoms with van der Waals surface area (Å²) in [5.74, 6) is 2.50. The summed E-state index contributed by atoms with van der Waals surface area (Å²) in [4.78, 5) is 17.1. The van der Waals surface area contributed by atoms with Gasteiger partial charge in [0.25, 0.3) is 0 Å². The first kappa shape index (κ1) is 31.1. The maximum atomic E-state index is 8.56. The highest BCUT2D eigenvalue weighted by Crippen LogP contribution is 1.81. The van der Waals surface area contributed by atoms with Gasteiger partial charge in [0, 0.05) is 0 Å². The maximum Gasteiger partial charge on any atom is 0.503 e. The van der Waals surface area contributed by atoms with Gasteiger partial charge in [0.15, 0.2) is 0 Å². The zero-order valence-corrected chi connectivity index (χ0v) is 14.3. The van der Waals surface area contributed by atoms with Crippen molar-refractivity contribution in [2.45, 2.75) is 62.3 Å². The lowest BCUT2D eigenvalue weighted by Gasteiger charge is -1.79. The quantitative estimate of drug-likeness (QED) is 0.474. The standard InChI is InChI=1S/3C4H10.2CH2O3/c3*1-4(2)3;2*2-1(3)4/h3*4H,1-3H3;2*(H2,2,3,4). The molecule has 0 bridgehead atoms. The van der Waals surface area contributed by atoms with Crippen LogP contribution >= 0.6 is 0 Å². The van der Waals surface area contributed by atoms with Gasteiger partial charge in [-0.1, -0.05) is 62.3 Å². The van der Waals surface area contributed by atoms with Crippen molar-refractivity contribution in [3.05, 3.63) is 0 Å². The maximum absolute atomic E-state index is 8.56. The van der Waals surface area contributed by atoms with Crippen LogP contribution in [0.1, 0.15) is 62.3 Å². The van der Waals surface area contributed by atoms with Gasteiger partial charge in [0.05, 0.1) is 0 Å². The first-order valence-corrected chi connectivity index (χ1v) is 6.50. The van der Waals surface area contributed by atoms with Crippen molar-refractivity contribution in [2.75, 3.05) is 0 Å². The molecule has 6 heteroatoms. The third-order valence-electron chi connectivity index (χ3n) is 0. The molecular weight excluding hydrogens is 264 g/mol. The zero-order chi connectivity index (χ0) is 17.9. The fourth-order valence-electron chi connectivity index (χ4n) is 0. The Balaban J connectivity index is -0.0000000469. The molecule has 0 saturated heterocycles. The highest BCUT2D eigenvalue weighted by Gasteiger charge is 1.70. The summed E-state index contributed by atoms with van der Waals surface area (Å²) in [5.41, 5.74) is 0. The highest BCUT2D eigenvalue weighted by molar-refractivity contribution is 5.53. The Bertz CT molecular complexity index is 146. The van der Waals surface area contributed by atoms with Crippen LogP contribution in [0.5, 0.6) is 0 Å². The fraction of sp³-hybridized carbons (Fsp3) is 0.857. The van der Waals surface area contributed by atoms with Gasteiger partial charge in [0.2, 0.25) is 0 Å². The van der Waals surface area contributed by atoms with Gasteiger partial charge < -0.3 is 20.4 Å². The number of rotatable bonds is 0. The predicted octanol–water partition coefficient (Wildman–Crippen LogP) is 5.43. The van der Waals surface area contributed by atoms with Gasteiger partial charge in [-0.05, 0) is 17.8 Å². The highest BCUT2D eigenvalue weighted by atomic mass is 16.6. The van der Waals surface area contributed by atoms with Crippen molar-refractivity contribution in [3.8, 4) is 0 Å². The average Bonchev–Trinajstić information content (AvgIpc) is 1.94. The summed E-state index contributed by atoms with van der Waals surface area (Å²) >= 11 is 0. The van der Waals surface area contributed by atoms with Crippen molar-refractivity contribution >= 4 is 12.3 Å². The summed E-state index contributed by atoms with van der Waals surface area (Å²) in [6.07, 6.45) is -3.67. The molecule has 0 radical (unpaired) electrons. The van der Waals surface area contributed by atoms with E-state index < -0.39 is 12.3 Å². The van der Waals surface area contributed by atoms with Gasteiger partial charge >= 0.3 is 12.3 Å². The molecule has 0 aliphatic heterocycles. The molecule has 0 rings (SSSR count). The Kier molecular flexibility index (Phi) is 40.7. The minimum atomic E-state index is -1.83. The zero-order valence-electron chi connectivity index (χ0n) is 14.3. The molecule has 4 N–H and O–H groups in total. The smallest absolute Gasteiger partial charge is 0.450 e. The minimum Gasteiger partial charge on any atom is -0.450 e. The van der Waals surface area contributed by atoms with E-state index in [2.05, 4.69) is 62.3 Å². The van der Waals surface area contributed by atoms with E-state index in [1.165, 1.54) is 0 Å². The Labute approximate surface area is 123 Å². The Morgan fingerprint density at radius 2 is 0.500 bits per heavy atom. The van der Waals surface area contributed by atoms with Gasteiger partial charge in [0.1, 0.15) is 0 Å². The molecule has 0 aliphatic rings. The Morgan fingerprint density at radius 1 is 0.500 bits per heavy atom. The second-order valence-electron chi connectivity index (χ2n) is 5.76. The monoisotopic (exact) mass is 298 g/mol. The summed E-state index contributed by atoms with van der Waals surface area (Å²) in [6.45, 7) is 19.5. The molecule has 0 aromatic heterocycles. The predicted molar refractivity (Wildman–Crippen MR) is 82.8 cm³/mol. The van der Waals surface area contributed by atoms with Gasteiger partial charge in [-0.2, -0.15) is 0 Å². The molecule has 6 nitrogen and oxygen atoms in total. The van der Waals surface area contributed by atoms with Gasteiger partial charge in [-0.3, -0.25) is 0 Å². The second-order valence-corrected chi connectivity index (χ2v) is 5.76. The number of carboxylic acid groups (broad SMARTS) is 4. The van der Waals surface area contributed by atoms with Crippen LogP contribution in [0.25, 0.3) is 0 Å². The van der Waals surface area contributed by atoms with E-state index in [0.717, 1.165) is 17.8 Å². The van der Waals surface area contributed by atoms with E-state index >= 15 is 0 Å². The lowest BCUT2D eigenvalue weighted by Crippen LogP contribution is -1.81. The average molecular weight is 298 g/mol. The molecule has 0 fully saturated rings. The Hall–Kier alpha value is -1.46. The summed E-state index contributed by atoms with van der Waals surface area (Å²) < 4.78 is 0. The van der Waals surface area contributed by atoms with Crippen LogP contribution in [0.4, 0.5) is 9.59 Å². The lowest BCUT2D eigenvalue weighted by atomic mass is 10.3. The first-order chi connectivity index (χ1) is 8.66. The molecule has 0 atom stereocenters. The van der Waals surface area contributed by atoms with E-state index in [4.69, 9.17) is 30.0 Å². The van der Waals surface area contributed by atoms with Crippen LogP contribution in [0.2, 0.25) is 0 Å². The lowest BCUT2D eigenvalue weighted by molar-refractivity contribution is 0.135. The normalized spacial score (nSPS) is 7.80. The molecule has 0 amide bonds. The molecule has 20 heavy (non-hydrogen) atoms. The van der Waals surface area contributed by atoms with Crippen LogP contribution in [0.15, 0.2) is 0 Å². The molecule has 0 spiro atoms. The summed E-state index contributed by atoms with van der Waals surface area (Å²) in [6, 6.07) is 0. The summed E-state index contributed by atoms with van der Waals surface area (Å²) in [7, 11) is 0. The third-order valence-corrected chi connectivity index (χ3v) is 0. The van der Waals surface area contributed by atoms with Crippen molar-refractivity contribution in [2.24, 2.45) is 17.8 Å². The molecule has 0 heterocycles. The topological polar surface area (TPSA) is 115 Å². The molecular formula is C14H34O6. The third kappa shape index (κ3) is 1870. The largest absolute Gasteiger partial charge is 0.503 e. The number of hydrogen-bond acceptors (Lipinski definition) is 2. The van der Waals surface area contributed by atoms with Crippen molar-refractivity contribution in [1.82, 2.24) is 0 Å². The van der Waals surface area contributed by atoms with E-state index in [1.807, 2.05) is 0 Å². The van der Waals surface area contributed by atoms with Gasteiger partial charge in [-0.25, -0.2) is 9.59 Å². The van der Waals surface area contributed by atoms with E-state index in [0.29, 0.717) is 0 Å². The van der Waals surface area contributed by atoms with Crippen LogP contribution < -0.4 is 0 Å². The van der Waals surface area contributed by atoms with E-state index in [1.54, 1.807) is 0 Å². The minimum absolute atomic E-state index is 0.833. The Morgan fingerprint density at radius 3 is 0.500 bits per heavy atom. The molecule has 0 aliphatic carbocycles. The van der Waals surface area contributed by atoms with Crippen molar-refractivity contribution in [1.29, 1.82) is 0 Å². The van der Waals surface area contributed by atoms with Crippen LogP contribution in [-0.4, -0.2) is 32.7 Å². The summed E-state index contributed by atoms with van der Waals surface area (Å²) in [5, 5.41) is 27.9. The van der Waals surface area contributed by atoms with Gasteiger partial charge in [-0.15, -0.1) is 0 Å². The van der Waals surface area contributed by atoms with Crippen molar-refractivity contribution in [3.63, 3.8) is 0 Å². The van der Waals surface area contributed by atoms with Crippen LogP contribution in [-0.2, 0) is 0 Å². The van der Waals surface area contributed by atoms with Crippen LogP contribution in [0, 0.1) is 17.8 Å². The molecule has 0 aromatic carbocycles. The molecule has 126 valence electrons. The SMILES string of the molecule is CC(C)C.CC(C)C.CC(C)C.O=C(O)O.O=C(O)O. The first-order valence-electron chi connectivity index (χ1n) is 6.50. The van der Waals surface area contributed by atoms with Crippen molar-refractivity contribution < 1.29 is 30.0 Å². The second kappa shape index (κ2) is 26.2. The molecule has 0 aromatic rings. The van der Waals surface area contributed by atoms with E-state index in [-0.39, 0.29) is 0 Å². The van der Waals surface area contributed by atoms with E-state index in [9.17, 15) is 0 Å². The molecule has 0 saturated carbocycles.